The van der Waals surface area contributed by atoms with Crippen LogP contribution in [0, 0.1) is 33.8 Å². The van der Waals surface area contributed by atoms with Crippen molar-refractivity contribution >= 4 is 5.97 Å². The van der Waals surface area contributed by atoms with Crippen LogP contribution in [0.1, 0.15) is 102 Å². The van der Waals surface area contributed by atoms with E-state index < -0.39 is 5.09 Å². The Labute approximate surface area is 219 Å². The smallest absolute Gasteiger partial charge is 0.311 e. The molecule has 4 saturated carbocycles. The lowest BCUT2D eigenvalue weighted by atomic mass is 9.48. The minimum atomic E-state index is -0.825. The average molecular weight is 510 g/mol. The summed E-state index contributed by atoms with van der Waals surface area (Å²) in [5.74, 6) is 4.11. The normalized spacial score (nSPS) is 34.6. The van der Waals surface area contributed by atoms with Crippen molar-refractivity contribution in [3.05, 3.63) is 45.0 Å². The molecule has 6 aliphatic rings. The molecule has 0 radical (unpaired) electrons. The third kappa shape index (κ3) is 4.52. The molecule has 0 spiro atoms. The number of benzene rings is 1. The highest BCUT2D eigenvalue weighted by Crippen LogP contribution is 2.62. The molecule has 7 nitrogen and oxygen atoms in total. The first-order valence-electron chi connectivity index (χ1n) is 14.1. The number of fused-ring (bicyclic) bond motifs is 3. The van der Waals surface area contributed by atoms with Crippen LogP contribution in [0.15, 0.2) is 23.8 Å². The molecule has 0 N–H and O–H groups in total. The second-order valence-corrected chi connectivity index (χ2v) is 13.1. The fraction of sp³-hybridized carbons (Fsp3) is 0.700. The van der Waals surface area contributed by atoms with Gasteiger partial charge in [0.15, 0.2) is 0 Å². The minimum Gasteiger partial charge on any atom is -0.487 e. The highest BCUT2D eigenvalue weighted by Gasteiger charge is 2.53. The van der Waals surface area contributed by atoms with E-state index in [0.29, 0.717) is 11.7 Å². The van der Waals surface area contributed by atoms with Crippen molar-refractivity contribution in [2.24, 2.45) is 23.7 Å². The quantitative estimate of drug-likeness (QED) is 0.102. The van der Waals surface area contributed by atoms with Crippen molar-refractivity contribution in [1.29, 1.82) is 0 Å². The number of allylic oxidation sites excluding steroid dienone is 2. The van der Waals surface area contributed by atoms with E-state index in [9.17, 15) is 14.9 Å². The number of esters is 1. The third-order valence-electron chi connectivity index (χ3n) is 10.1. The zero-order valence-corrected chi connectivity index (χ0v) is 22.3. The van der Waals surface area contributed by atoms with E-state index in [1.807, 2.05) is 0 Å². The number of carbonyl (C=O) groups excluding carboxylic acids is 1. The number of hydrogen-bond donors (Lipinski definition) is 0. The number of carbonyl (C=O) groups is 1. The van der Waals surface area contributed by atoms with Crippen molar-refractivity contribution in [3.8, 4) is 11.5 Å². The number of ether oxygens (including phenoxy) is 2. The molecule has 4 bridgehead atoms. The van der Waals surface area contributed by atoms with Gasteiger partial charge in [0, 0.05) is 23.8 Å². The van der Waals surface area contributed by atoms with Crippen LogP contribution in [0.3, 0.4) is 0 Å². The zero-order valence-electron chi connectivity index (χ0n) is 22.3. The Hall–Kier alpha value is -2.57. The lowest BCUT2D eigenvalue weighted by molar-refractivity contribution is -0.757. The van der Waals surface area contributed by atoms with Crippen LogP contribution in [0.5, 0.6) is 11.5 Å². The molecule has 200 valence electrons. The third-order valence-corrected chi connectivity index (χ3v) is 10.1. The van der Waals surface area contributed by atoms with Gasteiger partial charge in [-0.15, -0.1) is 10.1 Å². The summed E-state index contributed by atoms with van der Waals surface area (Å²) in [6, 6.07) is 4.47. The summed E-state index contributed by atoms with van der Waals surface area (Å²) in [4.78, 5) is 27.8. The molecule has 37 heavy (non-hydrogen) atoms. The SMILES string of the molecule is CC1=CCC2[C@@H](C1)c1c(OC(=O)CCCO[N+](=O)[O-])cc(C34CC5CC(CC(C5)C3)C4)cc1OC2(C)C. The van der Waals surface area contributed by atoms with Crippen molar-refractivity contribution in [3.63, 3.8) is 0 Å². The lowest BCUT2D eigenvalue weighted by Gasteiger charge is -2.57. The van der Waals surface area contributed by atoms with Gasteiger partial charge in [-0.1, -0.05) is 11.6 Å². The second kappa shape index (κ2) is 9.02. The molecule has 1 aromatic carbocycles. The van der Waals surface area contributed by atoms with Crippen LogP contribution in [-0.4, -0.2) is 23.3 Å². The monoisotopic (exact) mass is 509 g/mol. The maximum Gasteiger partial charge on any atom is 0.311 e. The molecule has 1 aromatic rings. The van der Waals surface area contributed by atoms with Gasteiger partial charge in [-0.05, 0) is 119 Å². The van der Waals surface area contributed by atoms with Crippen molar-refractivity contribution in [1.82, 2.24) is 0 Å². The summed E-state index contributed by atoms with van der Waals surface area (Å²) in [5.41, 5.74) is 3.51. The largest absolute Gasteiger partial charge is 0.487 e. The summed E-state index contributed by atoms with van der Waals surface area (Å²) in [5, 5.41) is 9.63. The maximum atomic E-state index is 13.0. The topological polar surface area (TPSA) is 87.9 Å². The van der Waals surface area contributed by atoms with Gasteiger partial charge >= 0.3 is 5.97 Å². The molecule has 4 fully saturated rings. The van der Waals surface area contributed by atoms with Gasteiger partial charge < -0.3 is 14.3 Å². The Kier molecular flexibility index (Phi) is 6.03. The zero-order chi connectivity index (χ0) is 25.9. The molecule has 5 aliphatic carbocycles. The summed E-state index contributed by atoms with van der Waals surface area (Å²) >= 11 is 0. The number of hydrogen-bond acceptors (Lipinski definition) is 6. The van der Waals surface area contributed by atoms with Gasteiger partial charge in [0.2, 0.25) is 0 Å². The summed E-state index contributed by atoms with van der Waals surface area (Å²) in [6.45, 7) is 6.46. The fourth-order valence-corrected chi connectivity index (χ4v) is 8.93. The van der Waals surface area contributed by atoms with E-state index in [1.54, 1.807) is 0 Å². The first-order valence-corrected chi connectivity index (χ1v) is 14.1. The fourth-order valence-electron chi connectivity index (χ4n) is 8.93. The van der Waals surface area contributed by atoms with Gasteiger partial charge in [0.1, 0.15) is 17.1 Å². The van der Waals surface area contributed by atoms with Gasteiger partial charge in [-0.2, -0.15) is 0 Å². The van der Waals surface area contributed by atoms with Crippen LogP contribution < -0.4 is 9.47 Å². The predicted molar refractivity (Wildman–Crippen MR) is 138 cm³/mol. The van der Waals surface area contributed by atoms with Crippen LogP contribution in [0.25, 0.3) is 0 Å². The van der Waals surface area contributed by atoms with Crippen molar-refractivity contribution in [2.75, 3.05) is 6.61 Å². The summed E-state index contributed by atoms with van der Waals surface area (Å²) in [7, 11) is 0. The molecule has 1 unspecified atom stereocenters. The van der Waals surface area contributed by atoms with Crippen molar-refractivity contribution < 1.29 is 24.2 Å². The molecule has 0 amide bonds. The Morgan fingerprint density at radius 3 is 2.46 bits per heavy atom. The Bertz CT molecular complexity index is 1100. The predicted octanol–water partition coefficient (Wildman–Crippen LogP) is 6.66. The first kappa shape index (κ1) is 24.7. The Morgan fingerprint density at radius 2 is 1.81 bits per heavy atom. The van der Waals surface area contributed by atoms with Gasteiger partial charge in [-0.3, -0.25) is 4.79 Å². The molecule has 7 rings (SSSR count). The maximum absolute atomic E-state index is 13.0. The molecule has 1 aliphatic heterocycles. The van der Waals surface area contributed by atoms with Gasteiger partial charge in [0.25, 0.3) is 5.09 Å². The second-order valence-electron chi connectivity index (χ2n) is 13.1. The molecule has 7 heteroatoms. The molecule has 2 atom stereocenters. The lowest BCUT2D eigenvalue weighted by Crippen LogP contribution is -2.49. The molecular formula is C30H39NO6. The van der Waals surface area contributed by atoms with E-state index in [2.05, 4.69) is 43.8 Å². The summed E-state index contributed by atoms with van der Waals surface area (Å²) < 4.78 is 12.9. The van der Waals surface area contributed by atoms with Crippen LogP contribution in [0.2, 0.25) is 0 Å². The van der Waals surface area contributed by atoms with Crippen LogP contribution >= 0.6 is 0 Å². The molecule has 0 saturated heterocycles. The Morgan fingerprint density at radius 1 is 1.14 bits per heavy atom. The van der Waals surface area contributed by atoms with Crippen molar-refractivity contribution in [2.45, 2.75) is 102 Å². The highest BCUT2D eigenvalue weighted by molar-refractivity contribution is 5.74. The standard InChI is InChI=1S/C30H39NO6/c1-18-6-7-24-23(9-18)28-25(36-27(32)5-4-8-35-31(33)34)13-22(14-26(28)37-29(24,2)3)30-15-19-10-20(16-30)12-21(11-19)17-30/h6,13-14,19-21,23-24H,4-5,7-12,15-17H2,1-3H3/t19?,20?,21?,23-,24?,30?/m1/s1. The highest BCUT2D eigenvalue weighted by atomic mass is 16.9. The van der Waals surface area contributed by atoms with Gasteiger partial charge in [0.05, 0.1) is 6.61 Å². The molecule has 0 aromatic heterocycles. The van der Waals surface area contributed by atoms with E-state index in [4.69, 9.17) is 9.47 Å². The van der Waals surface area contributed by atoms with Crippen LogP contribution in [0.4, 0.5) is 0 Å². The van der Waals surface area contributed by atoms with E-state index in [-0.39, 0.29) is 42.4 Å². The minimum absolute atomic E-state index is 0.0730. The number of nitrogens with zero attached hydrogens (tertiary/aromatic N) is 1. The average Bonchev–Trinajstić information content (AvgIpc) is 2.80. The first-order chi connectivity index (χ1) is 17.6. The molecule has 1 heterocycles. The van der Waals surface area contributed by atoms with Gasteiger partial charge in [-0.25, -0.2) is 0 Å². The van der Waals surface area contributed by atoms with E-state index in [0.717, 1.165) is 41.9 Å². The number of rotatable bonds is 7. The van der Waals surface area contributed by atoms with E-state index >= 15 is 0 Å². The summed E-state index contributed by atoms with van der Waals surface area (Å²) in [6.07, 6.45) is 12.3. The van der Waals surface area contributed by atoms with E-state index in [1.165, 1.54) is 49.7 Å². The Balaban J connectivity index is 1.37. The van der Waals surface area contributed by atoms with Crippen LogP contribution in [-0.2, 0) is 15.0 Å². The molecular weight excluding hydrogens is 470 g/mol.